The number of carbonyl (C=O) groups is 1. The molecule has 1 aromatic carbocycles. The summed E-state index contributed by atoms with van der Waals surface area (Å²) in [6.45, 7) is 1.11. The predicted octanol–water partition coefficient (Wildman–Crippen LogP) is 2.97. The lowest BCUT2D eigenvalue weighted by molar-refractivity contribution is -0.140. The van der Waals surface area contributed by atoms with Gasteiger partial charge in [-0.15, -0.1) is 0 Å². The van der Waals surface area contributed by atoms with Gasteiger partial charge in [0.2, 0.25) is 0 Å². The lowest BCUT2D eigenvalue weighted by atomic mass is 10.0. The topological polar surface area (TPSA) is 17.1 Å². The minimum absolute atomic E-state index is 0.104. The van der Waals surface area contributed by atoms with E-state index < -0.39 is 17.6 Å². The number of rotatable bonds is 1. The Kier molecular flexibility index (Phi) is 2.59. The quantitative estimate of drug-likeness (QED) is 0.510. The van der Waals surface area contributed by atoms with E-state index in [1.807, 2.05) is 0 Å². The molecule has 1 nitrogen and oxygen atoms in total. The van der Waals surface area contributed by atoms with Gasteiger partial charge in [-0.25, -0.2) is 4.39 Å². The number of aldehydes is 1. The number of hydrogen-bond donors (Lipinski definition) is 0. The molecule has 1 aromatic rings. The normalized spacial score (nSPS) is 11.5. The molecule has 0 aromatic heterocycles. The lowest BCUT2D eigenvalue weighted by Crippen LogP contribution is -2.11. The van der Waals surface area contributed by atoms with E-state index >= 15 is 0 Å². The van der Waals surface area contributed by atoms with Crippen molar-refractivity contribution in [1.29, 1.82) is 0 Å². The minimum Gasteiger partial charge on any atom is -0.298 e. The fourth-order valence-electron chi connectivity index (χ4n) is 1.20. The maximum Gasteiger partial charge on any atom is 0.419 e. The fraction of sp³-hybridized carbons (Fsp3) is 0.222. The third-order valence-corrected chi connectivity index (χ3v) is 1.73. The number of alkyl halides is 3. The molecule has 0 saturated carbocycles. The summed E-state index contributed by atoms with van der Waals surface area (Å²) in [6, 6.07) is 1.57. The molecule has 1 rings (SSSR count). The molecule has 0 saturated heterocycles. The first kappa shape index (κ1) is 10.7. The van der Waals surface area contributed by atoms with Crippen LogP contribution in [-0.2, 0) is 6.18 Å². The van der Waals surface area contributed by atoms with Crippen molar-refractivity contribution >= 4 is 6.29 Å². The van der Waals surface area contributed by atoms with Crippen LogP contribution in [0.5, 0.6) is 0 Å². The summed E-state index contributed by atoms with van der Waals surface area (Å²) >= 11 is 0. The molecule has 0 aliphatic rings. The van der Waals surface area contributed by atoms with Crippen LogP contribution in [0.2, 0.25) is 0 Å². The first-order chi connectivity index (χ1) is 6.36. The highest BCUT2D eigenvalue weighted by atomic mass is 19.4. The standard InChI is InChI=1S/C9H6F4O/c1-5-2-6(4-14)3-7(10)8(5)9(11,12)13/h2-4H,1H3. The van der Waals surface area contributed by atoms with Gasteiger partial charge in [-0.1, -0.05) is 0 Å². The lowest BCUT2D eigenvalue weighted by Gasteiger charge is -2.11. The van der Waals surface area contributed by atoms with Gasteiger partial charge in [0.25, 0.3) is 0 Å². The van der Waals surface area contributed by atoms with Crippen LogP contribution in [0.25, 0.3) is 0 Å². The SMILES string of the molecule is Cc1cc(C=O)cc(F)c1C(F)(F)F. The summed E-state index contributed by atoms with van der Waals surface area (Å²) in [5.41, 5.74) is -1.71. The van der Waals surface area contributed by atoms with Crippen LogP contribution in [0.15, 0.2) is 12.1 Å². The van der Waals surface area contributed by atoms with E-state index in [2.05, 4.69) is 0 Å². The van der Waals surface area contributed by atoms with Crippen molar-refractivity contribution in [2.75, 3.05) is 0 Å². The van der Waals surface area contributed by atoms with Gasteiger partial charge in [0, 0.05) is 5.56 Å². The number of aryl methyl sites for hydroxylation is 1. The van der Waals surface area contributed by atoms with Crippen molar-refractivity contribution in [3.63, 3.8) is 0 Å². The van der Waals surface area contributed by atoms with E-state index in [1.165, 1.54) is 0 Å². The van der Waals surface area contributed by atoms with Crippen molar-refractivity contribution in [2.45, 2.75) is 13.1 Å². The van der Waals surface area contributed by atoms with Crippen LogP contribution in [0.1, 0.15) is 21.5 Å². The maximum absolute atomic E-state index is 12.9. The molecule has 0 radical (unpaired) electrons. The van der Waals surface area contributed by atoms with Crippen molar-refractivity contribution in [3.05, 3.63) is 34.6 Å². The molecule has 0 aliphatic heterocycles. The molecular formula is C9H6F4O. The third kappa shape index (κ3) is 1.92. The Hall–Kier alpha value is -1.39. The van der Waals surface area contributed by atoms with E-state index in [9.17, 15) is 22.4 Å². The van der Waals surface area contributed by atoms with Gasteiger partial charge in [0.05, 0.1) is 5.56 Å². The average molecular weight is 206 g/mol. The third-order valence-electron chi connectivity index (χ3n) is 1.73. The zero-order chi connectivity index (χ0) is 10.9. The van der Waals surface area contributed by atoms with Crippen LogP contribution < -0.4 is 0 Å². The molecule has 0 aliphatic carbocycles. The van der Waals surface area contributed by atoms with E-state index in [0.717, 1.165) is 13.0 Å². The predicted molar refractivity (Wildman–Crippen MR) is 41.5 cm³/mol. The van der Waals surface area contributed by atoms with E-state index in [4.69, 9.17) is 0 Å². The van der Waals surface area contributed by atoms with Gasteiger partial charge in [0.15, 0.2) is 0 Å². The monoisotopic (exact) mass is 206 g/mol. The number of carbonyl (C=O) groups excluding carboxylic acids is 1. The van der Waals surface area contributed by atoms with Crippen molar-refractivity contribution in [2.24, 2.45) is 0 Å². The second-order valence-electron chi connectivity index (χ2n) is 2.81. The summed E-state index contributed by atoms with van der Waals surface area (Å²) in [4.78, 5) is 10.2. The van der Waals surface area contributed by atoms with Crippen LogP contribution in [0.4, 0.5) is 17.6 Å². The zero-order valence-electron chi connectivity index (χ0n) is 7.15. The van der Waals surface area contributed by atoms with Crippen LogP contribution in [0.3, 0.4) is 0 Å². The highest BCUT2D eigenvalue weighted by Gasteiger charge is 2.35. The van der Waals surface area contributed by atoms with Crippen LogP contribution in [0, 0.1) is 12.7 Å². The van der Waals surface area contributed by atoms with Gasteiger partial charge < -0.3 is 0 Å². The maximum atomic E-state index is 12.9. The second kappa shape index (κ2) is 3.40. The van der Waals surface area contributed by atoms with Gasteiger partial charge in [-0.2, -0.15) is 13.2 Å². The van der Waals surface area contributed by atoms with Crippen molar-refractivity contribution in [1.82, 2.24) is 0 Å². The first-order valence-electron chi connectivity index (χ1n) is 3.69. The Morgan fingerprint density at radius 2 is 1.86 bits per heavy atom. The van der Waals surface area contributed by atoms with Gasteiger partial charge in [-0.3, -0.25) is 4.79 Å². The Balaban J connectivity index is 3.40. The van der Waals surface area contributed by atoms with Crippen molar-refractivity contribution in [3.8, 4) is 0 Å². The summed E-state index contributed by atoms with van der Waals surface area (Å²) in [5, 5.41) is 0. The smallest absolute Gasteiger partial charge is 0.298 e. The molecule has 0 amide bonds. The highest BCUT2D eigenvalue weighted by molar-refractivity contribution is 5.75. The van der Waals surface area contributed by atoms with Gasteiger partial charge >= 0.3 is 6.18 Å². The second-order valence-corrected chi connectivity index (χ2v) is 2.81. The molecule has 0 fully saturated rings. The Bertz CT molecular complexity index is 345. The molecule has 76 valence electrons. The number of halogens is 4. The van der Waals surface area contributed by atoms with Crippen LogP contribution >= 0.6 is 0 Å². The van der Waals surface area contributed by atoms with Gasteiger partial charge in [-0.05, 0) is 24.6 Å². The van der Waals surface area contributed by atoms with Gasteiger partial charge in [0.1, 0.15) is 12.1 Å². The number of hydrogen-bond acceptors (Lipinski definition) is 1. The summed E-state index contributed by atoms with van der Waals surface area (Å²) < 4.78 is 49.6. The molecule has 0 heterocycles. The molecule has 0 N–H and O–H groups in total. The summed E-state index contributed by atoms with van der Waals surface area (Å²) in [5.74, 6) is -1.42. The Morgan fingerprint density at radius 3 is 2.21 bits per heavy atom. The minimum atomic E-state index is -4.73. The summed E-state index contributed by atoms with van der Waals surface area (Å²) in [7, 11) is 0. The molecule has 0 spiro atoms. The van der Waals surface area contributed by atoms with E-state index in [0.29, 0.717) is 12.4 Å². The highest BCUT2D eigenvalue weighted by Crippen LogP contribution is 2.34. The first-order valence-corrected chi connectivity index (χ1v) is 3.69. The molecule has 0 unspecified atom stereocenters. The average Bonchev–Trinajstić information content (AvgIpc) is 1.99. The van der Waals surface area contributed by atoms with Crippen LogP contribution in [-0.4, -0.2) is 6.29 Å². The fourth-order valence-corrected chi connectivity index (χ4v) is 1.20. The zero-order valence-corrected chi connectivity index (χ0v) is 7.15. The largest absolute Gasteiger partial charge is 0.419 e. The molecule has 0 atom stereocenters. The molecular weight excluding hydrogens is 200 g/mol. The molecule has 5 heteroatoms. The number of benzene rings is 1. The Morgan fingerprint density at radius 1 is 1.29 bits per heavy atom. The molecule has 0 bridgehead atoms. The Labute approximate surface area is 77.3 Å². The van der Waals surface area contributed by atoms with E-state index in [1.54, 1.807) is 0 Å². The van der Waals surface area contributed by atoms with E-state index in [-0.39, 0.29) is 11.1 Å². The molecule has 14 heavy (non-hydrogen) atoms. The van der Waals surface area contributed by atoms with Crippen molar-refractivity contribution < 1.29 is 22.4 Å². The summed E-state index contributed by atoms with van der Waals surface area (Å²) in [6.07, 6.45) is -4.42.